The summed E-state index contributed by atoms with van der Waals surface area (Å²) < 4.78 is 5.44. The van der Waals surface area contributed by atoms with E-state index < -0.39 is 5.60 Å². The smallest absolute Gasteiger partial charge is 0.410 e. The second-order valence-corrected chi connectivity index (χ2v) is 8.33. The van der Waals surface area contributed by atoms with E-state index in [1.807, 2.05) is 27.7 Å². The zero-order chi connectivity index (χ0) is 19.9. The quantitative estimate of drug-likeness (QED) is 0.336. The standard InChI is InChI=1S/C19H39N5O2.HI/c1-9-23(18(25)26-19(5,6)7)11-10-21-17(20-8)22-16-13-24(14(2)3)12-15(16)4;/h14-16H,9-13H2,1-8H3,(H2,20,21,22);1H. The molecule has 0 aromatic carbocycles. The molecular weight excluding hydrogens is 457 g/mol. The van der Waals surface area contributed by atoms with Gasteiger partial charge in [0.2, 0.25) is 0 Å². The van der Waals surface area contributed by atoms with Crippen molar-refractivity contribution in [3.8, 4) is 0 Å². The number of carbonyl (C=O) groups excluding carboxylic acids is 1. The summed E-state index contributed by atoms with van der Waals surface area (Å²) in [6, 6.07) is 0.947. The van der Waals surface area contributed by atoms with Crippen LogP contribution in [0.25, 0.3) is 0 Å². The minimum Gasteiger partial charge on any atom is -0.444 e. The Labute approximate surface area is 182 Å². The highest BCUT2D eigenvalue weighted by Crippen LogP contribution is 2.18. The van der Waals surface area contributed by atoms with Crippen LogP contribution in [0, 0.1) is 5.92 Å². The fourth-order valence-electron chi connectivity index (χ4n) is 3.00. The first-order chi connectivity index (χ1) is 12.1. The molecule has 1 amide bonds. The van der Waals surface area contributed by atoms with Gasteiger partial charge in [0.15, 0.2) is 5.96 Å². The van der Waals surface area contributed by atoms with Crippen LogP contribution in [0.2, 0.25) is 0 Å². The molecule has 0 saturated carbocycles. The first-order valence-corrected chi connectivity index (χ1v) is 9.76. The highest BCUT2D eigenvalue weighted by molar-refractivity contribution is 14.0. The molecule has 1 heterocycles. The Morgan fingerprint density at radius 2 is 1.96 bits per heavy atom. The van der Waals surface area contributed by atoms with Crippen molar-refractivity contribution in [1.29, 1.82) is 0 Å². The van der Waals surface area contributed by atoms with Gasteiger partial charge in [-0.3, -0.25) is 9.89 Å². The van der Waals surface area contributed by atoms with Gasteiger partial charge in [-0.25, -0.2) is 4.79 Å². The van der Waals surface area contributed by atoms with Crippen LogP contribution in [0.4, 0.5) is 4.79 Å². The summed E-state index contributed by atoms with van der Waals surface area (Å²) in [5, 5.41) is 6.84. The monoisotopic (exact) mass is 497 g/mol. The molecule has 7 nitrogen and oxygen atoms in total. The van der Waals surface area contributed by atoms with Crippen LogP contribution in [0.1, 0.15) is 48.5 Å². The fourth-order valence-corrected chi connectivity index (χ4v) is 3.00. The predicted octanol–water partition coefficient (Wildman–Crippen LogP) is 2.76. The molecule has 2 atom stereocenters. The Morgan fingerprint density at radius 3 is 2.41 bits per heavy atom. The van der Waals surface area contributed by atoms with Crippen LogP contribution >= 0.6 is 24.0 Å². The Hall–Kier alpha value is -0.770. The van der Waals surface area contributed by atoms with Gasteiger partial charge in [-0.2, -0.15) is 0 Å². The van der Waals surface area contributed by atoms with Crippen LogP contribution in [-0.2, 0) is 4.74 Å². The number of hydrogen-bond acceptors (Lipinski definition) is 4. The van der Waals surface area contributed by atoms with Gasteiger partial charge in [0.25, 0.3) is 0 Å². The molecule has 1 fully saturated rings. The fraction of sp³-hybridized carbons (Fsp3) is 0.895. The topological polar surface area (TPSA) is 69.2 Å². The Kier molecular flexibility index (Phi) is 11.6. The van der Waals surface area contributed by atoms with Crippen molar-refractivity contribution >= 4 is 36.0 Å². The maximum absolute atomic E-state index is 12.2. The van der Waals surface area contributed by atoms with E-state index in [1.54, 1.807) is 11.9 Å². The minimum atomic E-state index is -0.476. The number of ether oxygens (including phenoxy) is 1. The third-order valence-corrected chi connectivity index (χ3v) is 4.62. The van der Waals surface area contributed by atoms with Gasteiger partial charge >= 0.3 is 6.09 Å². The van der Waals surface area contributed by atoms with E-state index >= 15 is 0 Å². The molecule has 1 saturated heterocycles. The van der Waals surface area contributed by atoms with Gasteiger partial charge in [-0.05, 0) is 47.5 Å². The highest BCUT2D eigenvalue weighted by Gasteiger charge is 2.31. The van der Waals surface area contributed by atoms with Gasteiger partial charge in [-0.1, -0.05) is 6.92 Å². The van der Waals surface area contributed by atoms with Gasteiger partial charge in [0.05, 0.1) is 0 Å². The van der Waals surface area contributed by atoms with Crippen LogP contribution in [-0.4, -0.2) is 79.3 Å². The number of hydrogen-bond donors (Lipinski definition) is 2. The molecule has 0 aliphatic carbocycles. The second-order valence-electron chi connectivity index (χ2n) is 8.33. The zero-order valence-electron chi connectivity index (χ0n) is 18.3. The molecule has 8 heteroatoms. The van der Waals surface area contributed by atoms with Gasteiger partial charge < -0.3 is 20.3 Å². The summed E-state index contributed by atoms with van der Waals surface area (Å²) in [5.74, 6) is 1.36. The summed E-state index contributed by atoms with van der Waals surface area (Å²) in [6.45, 7) is 18.3. The molecule has 2 unspecified atom stereocenters. The summed E-state index contributed by atoms with van der Waals surface area (Å²) >= 11 is 0. The van der Waals surface area contributed by atoms with Crippen molar-refractivity contribution in [2.45, 2.75) is 66.2 Å². The van der Waals surface area contributed by atoms with E-state index in [-0.39, 0.29) is 30.1 Å². The molecule has 160 valence electrons. The van der Waals surface area contributed by atoms with Gasteiger partial charge in [0, 0.05) is 51.9 Å². The van der Waals surface area contributed by atoms with Crippen LogP contribution in [0.5, 0.6) is 0 Å². The molecule has 0 aromatic heterocycles. The van der Waals surface area contributed by atoms with E-state index in [0.717, 1.165) is 19.0 Å². The molecule has 1 aliphatic rings. The van der Waals surface area contributed by atoms with Crippen molar-refractivity contribution < 1.29 is 9.53 Å². The van der Waals surface area contributed by atoms with Crippen molar-refractivity contribution in [3.05, 3.63) is 0 Å². The maximum atomic E-state index is 12.2. The zero-order valence-corrected chi connectivity index (χ0v) is 20.7. The summed E-state index contributed by atoms with van der Waals surface area (Å²) in [6.07, 6.45) is -0.276. The second kappa shape index (κ2) is 11.9. The molecule has 0 radical (unpaired) electrons. The number of amides is 1. The van der Waals surface area contributed by atoms with Crippen molar-refractivity contribution in [2.24, 2.45) is 10.9 Å². The van der Waals surface area contributed by atoms with Crippen LogP contribution in [0.15, 0.2) is 4.99 Å². The largest absolute Gasteiger partial charge is 0.444 e. The number of carbonyl (C=O) groups is 1. The third kappa shape index (κ3) is 9.32. The number of likely N-dealkylation sites (tertiary alicyclic amines) is 1. The number of nitrogens with zero attached hydrogens (tertiary/aromatic N) is 3. The number of nitrogens with one attached hydrogen (secondary N) is 2. The highest BCUT2D eigenvalue weighted by atomic mass is 127. The van der Waals surface area contributed by atoms with E-state index in [4.69, 9.17) is 4.74 Å². The molecular formula is C19H40IN5O2. The Morgan fingerprint density at radius 1 is 1.33 bits per heavy atom. The average molecular weight is 497 g/mol. The van der Waals surface area contributed by atoms with Crippen LogP contribution < -0.4 is 10.6 Å². The summed E-state index contributed by atoms with van der Waals surface area (Å²) in [4.78, 5) is 20.7. The lowest BCUT2D eigenvalue weighted by atomic mass is 10.1. The van der Waals surface area contributed by atoms with Crippen molar-refractivity contribution in [2.75, 3.05) is 39.8 Å². The summed E-state index contributed by atoms with van der Waals surface area (Å²) in [7, 11) is 1.78. The first-order valence-electron chi connectivity index (χ1n) is 9.76. The summed E-state index contributed by atoms with van der Waals surface area (Å²) in [5.41, 5.74) is -0.476. The van der Waals surface area contributed by atoms with E-state index in [1.165, 1.54) is 0 Å². The Bertz CT molecular complexity index is 479. The Balaban J connectivity index is 0.00000676. The van der Waals surface area contributed by atoms with E-state index in [9.17, 15) is 4.79 Å². The maximum Gasteiger partial charge on any atom is 0.410 e. The van der Waals surface area contributed by atoms with Crippen molar-refractivity contribution in [3.63, 3.8) is 0 Å². The number of rotatable bonds is 6. The molecule has 0 spiro atoms. The van der Waals surface area contributed by atoms with Gasteiger partial charge in [0.1, 0.15) is 5.60 Å². The first kappa shape index (κ1) is 26.2. The average Bonchev–Trinajstić information content (AvgIpc) is 2.89. The number of aliphatic imine (C=N–C) groups is 1. The molecule has 0 aromatic rings. The molecule has 27 heavy (non-hydrogen) atoms. The van der Waals surface area contributed by atoms with E-state index in [2.05, 4.69) is 41.3 Å². The SMILES string of the molecule is CCN(CCNC(=NC)NC1CN(C(C)C)CC1C)C(=O)OC(C)(C)C.I. The molecule has 0 bridgehead atoms. The normalized spacial score (nSPS) is 21.0. The van der Waals surface area contributed by atoms with Crippen molar-refractivity contribution in [1.82, 2.24) is 20.4 Å². The lowest BCUT2D eigenvalue weighted by Gasteiger charge is -2.27. The number of guanidine groups is 1. The number of halogens is 1. The molecule has 1 aliphatic heterocycles. The third-order valence-electron chi connectivity index (χ3n) is 4.62. The number of likely N-dealkylation sites (N-methyl/N-ethyl adjacent to an activating group) is 1. The lowest BCUT2D eigenvalue weighted by molar-refractivity contribution is 0.0264. The minimum absolute atomic E-state index is 0. The lowest BCUT2D eigenvalue weighted by Crippen LogP contribution is -2.49. The predicted molar refractivity (Wildman–Crippen MR) is 123 cm³/mol. The molecule has 1 rings (SSSR count). The van der Waals surface area contributed by atoms with Crippen LogP contribution in [0.3, 0.4) is 0 Å². The van der Waals surface area contributed by atoms with Gasteiger partial charge in [-0.15, -0.1) is 24.0 Å². The molecule has 2 N–H and O–H groups in total. The van der Waals surface area contributed by atoms with E-state index in [0.29, 0.717) is 37.6 Å².